The molecule has 0 unspecified atom stereocenters. The third-order valence-corrected chi connectivity index (χ3v) is 3.48. The number of carbonyl (C=O) groups excluding carboxylic acids is 1. The zero-order valence-corrected chi connectivity index (χ0v) is 11.9. The number of carbonyl (C=O) groups is 1. The molecular formula is C14H13Cl2NO2. The van der Waals surface area contributed by atoms with Crippen molar-refractivity contribution in [3.8, 4) is 0 Å². The number of ketones is 1. The third-order valence-electron chi connectivity index (χ3n) is 2.74. The zero-order valence-electron chi connectivity index (χ0n) is 10.4. The van der Waals surface area contributed by atoms with Gasteiger partial charge in [0.05, 0.1) is 22.2 Å². The first kappa shape index (κ1) is 14.0. The van der Waals surface area contributed by atoms with Crippen LogP contribution in [0.3, 0.4) is 0 Å². The summed E-state index contributed by atoms with van der Waals surface area (Å²) in [6.45, 7) is 6.50. The van der Waals surface area contributed by atoms with E-state index >= 15 is 0 Å². The van der Waals surface area contributed by atoms with E-state index in [0.717, 1.165) is 5.56 Å². The van der Waals surface area contributed by atoms with Gasteiger partial charge in [0.2, 0.25) is 5.78 Å². The van der Waals surface area contributed by atoms with Crippen LogP contribution < -0.4 is 5.32 Å². The number of rotatable bonds is 5. The fraction of sp³-hybridized carbons (Fsp3) is 0.214. The summed E-state index contributed by atoms with van der Waals surface area (Å²) in [6.07, 6.45) is 0. The van der Waals surface area contributed by atoms with Crippen molar-refractivity contribution < 1.29 is 9.53 Å². The SMILES string of the molecule is C=C1C(=O)C(NCc2ccc(Cl)c(Cl)c2)=C1OCC. The highest BCUT2D eigenvalue weighted by molar-refractivity contribution is 6.42. The molecule has 19 heavy (non-hydrogen) atoms. The molecule has 0 spiro atoms. The van der Waals surface area contributed by atoms with E-state index < -0.39 is 0 Å². The third kappa shape index (κ3) is 2.77. The van der Waals surface area contributed by atoms with Crippen molar-refractivity contribution in [2.24, 2.45) is 0 Å². The molecule has 1 N–H and O–H groups in total. The lowest BCUT2D eigenvalue weighted by Crippen LogP contribution is -2.33. The fourth-order valence-corrected chi connectivity index (χ4v) is 2.07. The van der Waals surface area contributed by atoms with Crippen LogP contribution in [0.2, 0.25) is 10.0 Å². The number of benzene rings is 1. The first-order valence-corrected chi connectivity index (χ1v) is 6.59. The Hall–Kier alpha value is -1.45. The molecule has 0 heterocycles. The van der Waals surface area contributed by atoms with Crippen LogP contribution in [0.15, 0.2) is 41.8 Å². The van der Waals surface area contributed by atoms with Crippen molar-refractivity contribution in [1.82, 2.24) is 5.32 Å². The number of Topliss-reactive ketones (excluding diaryl/α,β-unsaturated/α-hetero) is 1. The number of halogens is 2. The second-order valence-electron chi connectivity index (χ2n) is 4.05. The minimum absolute atomic E-state index is 0.108. The Kier molecular flexibility index (Phi) is 4.17. The second-order valence-corrected chi connectivity index (χ2v) is 4.86. The standard InChI is InChI=1S/C14H13Cl2NO2/c1-3-19-14-8(2)13(18)12(14)17-7-9-4-5-10(15)11(16)6-9/h4-6,17H,2-3,7H2,1H3. The van der Waals surface area contributed by atoms with Gasteiger partial charge in [0.1, 0.15) is 5.70 Å². The summed E-state index contributed by atoms with van der Waals surface area (Å²) in [4.78, 5) is 11.6. The molecule has 0 aliphatic heterocycles. The van der Waals surface area contributed by atoms with Crippen LogP contribution in [0.5, 0.6) is 0 Å². The summed E-state index contributed by atoms with van der Waals surface area (Å²) in [5, 5.41) is 4.04. The van der Waals surface area contributed by atoms with E-state index in [4.69, 9.17) is 27.9 Å². The van der Waals surface area contributed by atoms with Crippen LogP contribution in [-0.2, 0) is 16.1 Å². The average Bonchev–Trinajstić information content (AvgIpc) is 2.41. The van der Waals surface area contributed by atoms with Gasteiger partial charge in [-0.25, -0.2) is 0 Å². The van der Waals surface area contributed by atoms with Crippen molar-refractivity contribution in [3.05, 3.63) is 57.4 Å². The van der Waals surface area contributed by atoms with Gasteiger partial charge in [-0.2, -0.15) is 0 Å². The topological polar surface area (TPSA) is 38.3 Å². The maximum absolute atomic E-state index is 11.6. The van der Waals surface area contributed by atoms with E-state index in [9.17, 15) is 4.79 Å². The lowest BCUT2D eigenvalue weighted by atomic mass is 9.95. The maximum Gasteiger partial charge on any atom is 0.215 e. The molecule has 0 saturated carbocycles. The number of hydrogen-bond donors (Lipinski definition) is 1. The molecule has 0 aromatic heterocycles. The lowest BCUT2D eigenvalue weighted by molar-refractivity contribution is -0.114. The van der Waals surface area contributed by atoms with Crippen LogP contribution in [0.25, 0.3) is 0 Å². The molecule has 1 aliphatic carbocycles. The molecule has 1 aromatic carbocycles. The summed E-state index contributed by atoms with van der Waals surface area (Å²) in [5.41, 5.74) is 1.82. The molecule has 3 nitrogen and oxygen atoms in total. The Morgan fingerprint density at radius 3 is 2.68 bits per heavy atom. The highest BCUT2D eigenvalue weighted by atomic mass is 35.5. The number of ether oxygens (including phenoxy) is 1. The number of hydrogen-bond acceptors (Lipinski definition) is 3. The second kappa shape index (κ2) is 5.68. The highest BCUT2D eigenvalue weighted by Crippen LogP contribution is 2.28. The summed E-state index contributed by atoms with van der Waals surface area (Å²) < 4.78 is 5.35. The van der Waals surface area contributed by atoms with Gasteiger partial charge in [-0.15, -0.1) is 0 Å². The highest BCUT2D eigenvalue weighted by Gasteiger charge is 2.33. The van der Waals surface area contributed by atoms with Crippen LogP contribution in [-0.4, -0.2) is 12.4 Å². The van der Waals surface area contributed by atoms with E-state index in [2.05, 4.69) is 11.9 Å². The molecular weight excluding hydrogens is 285 g/mol. The first-order valence-electron chi connectivity index (χ1n) is 5.83. The van der Waals surface area contributed by atoms with Gasteiger partial charge in [-0.3, -0.25) is 4.79 Å². The molecule has 2 rings (SSSR count). The molecule has 1 aromatic rings. The molecule has 0 amide bonds. The molecule has 0 saturated heterocycles. The summed E-state index contributed by atoms with van der Waals surface area (Å²) in [6, 6.07) is 5.33. The van der Waals surface area contributed by atoms with Gasteiger partial charge in [0.15, 0.2) is 5.76 Å². The molecule has 0 atom stereocenters. The van der Waals surface area contributed by atoms with Crippen LogP contribution in [0, 0.1) is 0 Å². The Bertz CT molecular complexity index is 579. The Labute approximate surface area is 121 Å². The lowest BCUT2D eigenvalue weighted by Gasteiger charge is -2.25. The van der Waals surface area contributed by atoms with E-state index in [1.807, 2.05) is 13.0 Å². The molecule has 0 radical (unpaired) electrons. The van der Waals surface area contributed by atoms with Gasteiger partial charge >= 0.3 is 0 Å². The summed E-state index contributed by atoms with van der Waals surface area (Å²) >= 11 is 11.8. The van der Waals surface area contributed by atoms with Crippen LogP contribution in [0.4, 0.5) is 0 Å². The van der Waals surface area contributed by atoms with E-state index in [1.54, 1.807) is 12.1 Å². The maximum atomic E-state index is 11.6. The Morgan fingerprint density at radius 2 is 2.05 bits per heavy atom. The quantitative estimate of drug-likeness (QED) is 0.846. The van der Waals surface area contributed by atoms with Gasteiger partial charge < -0.3 is 10.1 Å². The first-order chi connectivity index (χ1) is 9.04. The summed E-state index contributed by atoms with van der Waals surface area (Å²) in [5.74, 6) is 0.441. The predicted molar refractivity (Wildman–Crippen MR) is 76.1 cm³/mol. The van der Waals surface area contributed by atoms with E-state index in [0.29, 0.717) is 40.2 Å². The van der Waals surface area contributed by atoms with E-state index in [1.165, 1.54) is 0 Å². The minimum atomic E-state index is -0.108. The number of nitrogens with one attached hydrogen (secondary N) is 1. The number of allylic oxidation sites excluding steroid dienone is 2. The van der Waals surface area contributed by atoms with Crippen LogP contribution >= 0.6 is 23.2 Å². The fourth-order valence-electron chi connectivity index (χ4n) is 1.75. The smallest absolute Gasteiger partial charge is 0.215 e. The monoisotopic (exact) mass is 297 g/mol. The minimum Gasteiger partial charge on any atom is -0.491 e. The van der Waals surface area contributed by atoms with E-state index in [-0.39, 0.29) is 5.78 Å². The van der Waals surface area contributed by atoms with Gasteiger partial charge in [-0.05, 0) is 24.6 Å². The predicted octanol–water partition coefficient (Wildman–Crippen LogP) is 3.47. The van der Waals surface area contributed by atoms with Crippen molar-refractivity contribution in [2.45, 2.75) is 13.5 Å². The Morgan fingerprint density at radius 1 is 1.32 bits per heavy atom. The van der Waals surface area contributed by atoms with Gasteiger partial charge in [-0.1, -0.05) is 35.8 Å². The molecule has 1 aliphatic rings. The zero-order chi connectivity index (χ0) is 14.0. The molecule has 0 bridgehead atoms. The van der Waals surface area contributed by atoms with Crippen molar-refractivity contribution in [2.75, 3.05) is 6.61 Å². The normalized spacial score (nSPS) is 14.5. The largest absolute Gasteiger partial charge is 0.491 e. The average molecular weight is 298 g/mol. The van der Waals surface area contributed by atoms with Crippen molar-refractivity contribution in [3.63, 3.8) is 0 Å². The summed E-state index contributed by atoms with van der Waals surface area (Å²) in [7, 11) is 0. The van der Waals surface area contributed by atoms with Crippen LogP contribution in [0.1, 0.15) is 12.5 Å². The van der Waals surface area contributed by atoms with Gasteiger partial charge in [0, 0.05) is 6.54 Å². The Balaban J connectivity index is 2.08. The van der Waals surface area contributed by atoms with Gasteiger partial charge in [0.25, 0.3) is 0 Å². The van der Waals surface area contributed by atoms with Crippen molar-refractivity contribution in [1.29, 1.82) is 0 Å². The van der Waals surface area contributed by atoms with Crippen molar-refractivity contribution >= 4 is 29.0 Å². The molecule has 100 valence electrons. The molecule has 0 fully saturated rings. The molecule has 5 heteroatoms.